The molecule has 0 unspecified atom stereocenters. The number of hydrazone groups is 1. The molecule has 0 bridgehead atoms. The fourth-order valence-corrected chi connectivity index (χ4v) is 2.54. The highest BCUT2D eigenvalue weighted by Gasteiger charge is 2.30. The molecule has 1 N–H and O–H groups in total. The highest BCUT2D eigenvalue weighted by molar-refractivity contribution is 6.37. The third-order valence-electron chi connectivity index (χ3n) is 3.14. The average molecular weight is 436 g/mol. The molecular formula is C17H14Cl2F3N3O3. The molecule has 0 saturated heterocycles. The van der Waals surface area contributed by atoms with Crippen LogP contribution in [0.5, 0.6) is 5.75 Å². The maximum absolute atomic E-state index is 12.5. The molecule has 0 atom stereocenters. The molecule has 28 heavy (non-hydrogen) atoms. The van der Waals surface area contributed by atoms with Crippen molar-refractivity contribution in [1.82, 2.24) is 4.98 Å². The summed E-state index contributed by atoms with van der Waals surface area (Å²) in [6, 6.07) is 5.00. The van der Waals surface area contributed by atoms with Gasteiger partial charge >= 0.3 is 12.1 Å². The van der Waals surface area contributed by atoms with E-state index >= 15 is 0 Å². The van der Waals surface area contributed by atoms with Crippen LogP contribution in [0.2, 0.25) is 10.0 Å². The van der Waals surface area contributed by atoms with E-state index in [0.717, 1.165) is 12.1 Å². The summed E-state index contributed by atoms with van der Waals surface area (Å²) in [5.41, 5.74) is 2.11. The maximum atomic E-state index is 12.5. The monoisotopic (exact) mass is 435 g/mol. The van der Waals surface area contributed by atoms with E-state index < -0.39 is 17.7 Å². The Kier molecular flexibility index (Phi) is 7.47. The lowest BCUT2D eigenvalue weighted by Crippen LogP contribution is -2.15. The van der Waals surface area contributed by atoms with Crippen LogP contribution in [0.1, 0.15) is 18.1 Å². The molecule has 0 radical (unpaired) electrons. The number of carbonyl (C=O) groups excluding carboxylic acids is 1. The number of halogens is 5. The van der Waals surface area contributed by atoms with Crippen molar-refractivity contribution in [3.63, 3.8) is 0 Å². The highest BCUT2D eigenvalue weighted by Crippen LogP contribution is 2.34. The van der Waals surface area contributed by atoms with Crippen molar-refractivity contribution in [2.75, 3.05) is 18.6 Å². The van der Waals surface area contributed by atoms with Crippen LogP contribution < -0.4 is 10.2 Å². The normalized spacial score (nSPS) is 11.5. The number of aromatic nitrogens is 1. The minimum Gasteiger partial charge on any atom is -0.479 e. The topological polar surface area (TPSA) is 72.8 Å². The summed E-state index contributed by atoms with van der Waals surface area (Å²) in [7, 11) is 0. The second-order valence-corrected chi connectivity index (χ2v) is 6.02. The molecular weight excluding hydrogens is 422 g/mol. The first-order valence-electron chi connectivity index (χ1n) is 7.80. The van der Waals surface area contributed by atoms with E-state index in [2.05, 4.69) is 15.5 Å². The third kappa shape index (κ3) is 6.28. The van der Waals surface area contributed by atoms with Crippen LogP contribution in [0.25, 0.3) is 0 Å². The molecule has 11 heteroatoms. The second kappa shape index (κ2) is 9.61. The number of alkyl halides is 3. The lowest BCUT2D eigenvalue weighted by atomic mass is 10.2. The van der Waals surface area contributed by atoms with Gasteiger partial charge in [-0.3, -0.25) is 5.43 Å². The van der Waals surface area contributed by atoms with Crippen LogP contribution in [-0.2, 0) is 15.7 Å². The molecule has 0 aliphatic heterocycles. The number of benzene rings is 1. The zero-order valence-corrected chi connectivity index (χ0v) is 15.9. The minimum atomic E-state index is -4.46. The quantitative estimate of drug-likeness (QED) is 0.384. The number of rotatable bonds is 7. The largest absolute Gasteiger partial charge is 0.479 e. The standard InChI is InChI=1S/C17H14Cl2F3N3O3/c1-2-27-15(26)9-28-16-12(18)5-10(6-13(16)19)7-24-25-14-4-3-11(8-23-14)17(20,21)22/h3-8H,2,9H2,1H3,(H,23,25)/b24-7-. The molecule has 1 aromatic heterocycles. The molecule has 1 heterocycles. The predicted octanol–water partition coefficient (Wildman–Crippen LogP) is 4.80. The Morgan fingerprint density at radius 3 is 2.50 bits per heavy atom. The van der Waals surface area contributed by atoms with Gasteiger partial charge < -0.3 is 9.47 Å². The van der Waals surface area contributed by atoms with E-state index in [1.165, 1.54) is 18.3 Å². The Morgan fingerprint density at radius 1 is 1.29 bits per heavy atom. The van der Waals surface area contributed by atoms with Gasteiger partial charge in [-0.05, 0) is 36.8 Å². The Hall–Kier alpha value is -2.52. The molecule has 150 valence electrons. The SMILES string of the molecule is CCOC(=O)COc1c(Cl)cc(/C=N\Nc2ccc(C(F)(F)F)cn2)cc1Cl. The molecule has 0 fully saturated rings. The van der Waals surface area contributed by atoms with Crippen LogP contribution >= 0.6 is 23.2 Å². The van der Waals surface area contributed by atoms with Gasteiger partial charge in [0.2, 0.25) is 0 Å². The minimum absolute atomic E-state index is 0.117. The van der Waals surface area contributed by atoms with Crippen molar-refractivity contribution in [3.8, 4) is 5.75 Å². The van der Waals surface area contributed by atoms with Gasteiger partial charge in [0.05, 0.1) is 28.4 Å². The predicted molar refractivity (Wildman–Crippen MR) is 99.0 cm³/mol. The molecule has 0 aliphatic carbocycles. The Bertz CT molecular complexity index is 836. The van der Waals surface area contributed by atoms with Crippen LogP contribution in [-0.4, -0.2) is 30.4 Å². The smallest absolute Gasteiger partial charge is 0.417 e. The first-order chi connectivity index (χ1) is 13.2. The average Bonchev–Trinajstić information content (AvgIpc) is 2.61. The number of carbonyl (C=O) groups is 1. The van der Waals surface area contributed by atoms with Gasteiger partial charge in [0.15, 0.2) is 12.4 Å². The third-order valence-corrected chi connectivity index (χ3v) is 3.71. The highest BCUT2D eigenvalue weighted by atomic mass is 35.5. The first kappa shape index (κ1) is 21.8. The second-order valence-electron chi connectivity index (χ2n) is 5.21. The zero-order valence-electron chi connectivity index (χ0n) is 14.4. The molecule has 0 aliphatic rings. The summed E-state index contributed by atoms with van der Waals surface area (Å²) in [6.07, 6.45) is -2.42. The summed E-state index contributed by atoms with van der Waals surface area (Å²) >= 11 is 12.2. The molecule has 2 aromatic rings. The number of nitrogens with zero attached hydrogens (tertiary/aromatic N) is 2. The van der Waals surface area contributed by atoms with Crippen molar-refractivity contribution in [2.24, 2.45) is 5.10 Å². The van der Waals surface area contributed by atoms with Crippen molar-refractivity contribution in [1.29, 1.82) is 0 Å². The molecule has 0 saturated carbocycles. The van der Waals surface area contributed by atoms with Crippen molar-refractivity contribution < 1.29 is 27.4 Å². The van der Waals surface area contributed by atoms with Crippen LogP contribution in [0.4, 0.5) is 19.0 Å². The van der Waals surface area contributed by atoms with E-state index in [4.69, 9.17) is 32.7 Å². The number of hydrogen-bond donors (Lipinski definition) is 1. The number of ether oxygens (including phenoxy) is 2. The molecule has 0 amide bonds. The van der Waals surface area contributed by atoms with Gasteiger partial charge in [0, 0.05) is 6.20 Å². The molecule has 6 nitrogen and oxygen atoms in total. The van der Waals surface area contributed by atoms with Gasteiger partial charge in [0.25, 0.3) is 0 Å². The van der Waals surface area contributed by atoms with E-state index in [0.29, 0.717) is 11.8 Å². The fourth-order valence-electron chi connectivity index (χ4n) is 1.93. The van der Waals surface area contributed by atoms with E-state index in [-0.39, 0.29) is 34.8 Å². The van der Waals surface area contributed by atoms with Crippen molar-refractivity contribution >= 4 is 41.2 Å². The molecule has 2 rings (SSSR count). The van der Waals surface area contributed by atoms with Crippen LogP contribution in [0.15, 0.2) is 35.6 Å². The van der Waals surface area contributed by atoms with Gasteiger partial charge in [-0.15, -0.1) is 0 Å². The number of anilines is 1. The van der Waals surface area contributed by atoms with E-state index in [1.807, 2.05) is 0 Å². The van der Waals surface area contributed by atoms with E-state index in [9.17, 15) is 18.0 Å². The van der Waals surface area contributed by atoms with Gasteiger partial charge in [0.1, 0.15) is 5.82 Å². The number of pyridine rings is 1. The summed E-state index contributed by atoms with van der Waals surface area (Å²) in [5.74, 6) is -0.324. The Morgan fingerprint density at radius 2 is 1.96 bits per heavy atom. The van der Waals surface area contributed by atoms with Gasteiger partial charge in [-0.2, -0.15) is 18.3 Å². The first-order valence-corrected chi connectivity index (χ1v) is 8.56. The lowest BCUT2D eigenvalue weighted by Gasteiger charge is -2.10. The van der Waals surface area contributed by atoms with E-state index in [1.54, 1.807) is 6.92 Å². The summed E-state index contributed by atoms with van der Waals surface area (Å²) in [4.78, 5) is 14.9. The van der Waals surface area contributed by atoms with Gasteiger partial charge in [-0.1, -0.05) is 23.2 Å². The molecule has 1 aromatic carbocycles. The number of hydrogen-bond acceptors (Lipinski definition) is 6. The Labute approximate surface area is 168 Å². The number of nitrogens with one attached hydrogen (secondary N) is 1. The summed E-state index contributed by atoms with van der Waals surface area (Å²) in [6.45, 7) is 1.54. The zero-order chi connectivity index (χ0) is 20.7. The molecule has 0 spiro atoms. The Balaban J connectivity index is 2.01. The summed E-state index contributed by atoms with van der Waals surface area (Å²) in [5, 5.41) is 4.15. The van der Waals surface area contributed by atoms with Crippen LogP contribution in [0, 0.1) is 0 Å². The van der Waals surface area contributed by atoms with Crippen LogP contribution in [0.3, 0.4) is 0 Å². The maximum Gasteiger partial charge on any atom is 0.417 e. The summed E-state index contributed by atoms with van der Waals surface area (Å²) < 4.78 is 47.5. The lowest BCUT2D eigenvalue weighted by molar-refractivity contribution is -0.145. The number of esters is 1. The van der Waals surface area contributed by atoms with Crippen molar-refractivity contribution in [3.05, 3.63) is 51.6 Å². The fraction of sp³-hybridized carbons (Fsp3) is 0.235. The van der Waals surface area contributed by atoms with Crippen molar-refractivity contribution in [2.45, 2.75) is 13.1 Å². The van der Waals surface area contributed by atoms with Gasteiger partial charge in [-0.25, -0.2) is 9.78 Å².